The van der Waals surface area contributed by atoms with E-state index in [4.69, 9.17) is 0 Å². The van der Waals surface area contributed by atoms with E-state index in [1.54, 1.807) is 0 Å². The summed E-state index contributed by atoms with van der Waals surface area (Å²) in [5.41, 5.74) is 0. The second-order valence-corrected chi connectivity index (χ2v) is 5.97. The number of ether oxygens (including phenoxy) is 1. The zero-order valence-electron chi connectivity index (χ0n) is 14.0. The lowest BCUT2D eigenvalue weighted by atomic mass is 9.90. The molecule has 1 heterocycles. The lowest BCUT2D eigenvalue weighted by molar-refractivity contribution is -0.403. The molecule has 176 valence electrons. The van der Waals surface area contributed by atoms with Gasteiger partial charge in [-0.25, -0.2) is 18.0 Å². The van der Waals surface area contributed by atoms with Gasteiger partial charge in [-0.15, -0.1) is 0 Å². The predicted molar refractivity (Wildman–Crippen MR) is 68.0 cm³/mol. The van der Waals surface area contributed by atoms with Crippen LogP contribution in [0.4, 0.5) is 57.1 Å². The highest BCUT2D eigenvalue weighted by atomic mass is 19.4. The van der Waals surface area contributed by atoms with Crippen molar-refractivity contribution in [3.63, 3.8) is 0 Å². The van der Waals surface area contributed by atoms with Gasteiger partial charge in [-0.1, -0.05) is 0 Å². The topological polar surface area (TPSA) is 55.4 Å². The molecule has 0 spiro atoms. The second kappa shape index (κ2) is 7.94. The molecule has 3 unspecified atom stereocenters. The van der Waals surface area contributed by atoms with Gasteiger partial charge in [0.25, 0.3) is 5.91 Å². The summed E-state index contributed by atoms with van der Waals surface area (Å²) >= 11 is 0. The van der Waals surface area contributed by atoms with Crippen LogP contribution in [0.25, 0.3) is 0 Å². The van der Waals surface area contributed by atoms with Crippen LogP contribution >= 0.6 is 0 Å². The highest BCUT2D eigenvalue weighted by Crippen LogP contribution is 2.58. The van der Waals surface area contributed by atoms with Crippen molar-refractivity contribution in [2.75, 3.05) is 13.3 Å². The van der Waals surface area contributed by atoms with Gasteiger partial charge < -0.3 is 10.1 Å². The molecule has 0 aromatic carbocycles. The van der Waals surface area contributed by atoms with Crippen molar-refractivity contribution in [2.45, 2.75) is 54.4 Å². The number of nitrogens with one attached hydrogen (secondary N) is 1. The smallest absolute Gasteiger partial charge is 0.392 e. The van der Waals surface area contributed by atoms with Crippen molar-refractivity contribution in [3.8, 4) is 0 Å². The Balaban J connectivity index is 3.31. The molecule has 0 bridgehead atoms. The number of hydrogen-bond acceptors (Lipinski definition) is 3. The fraction of sp³-hybridized carbons (Fsp3) is 0.846. The summed E-state index contributed by atoms with van der Waals surface area (Å²) in [5.74, 6) is -42.1. The van der Waals surface area contributed by atoms with E-state index in [0.717, 1.165) is 5.32 Å². The van der Waals surface area contributed by atoms with Gasteiger partial charge >= 0.3 is 35.6 Å². The summed E-state index contributed by atoms with van der Waals surface area (Å²) in [5, 5.41) is 0.795. The van der Waals surface area contributed by atoms with Crippen molar-refractivity contribution < 1.29 is 71.4 Å². The Bertz CT molecular complexity index is 669. The maximum Gasteiger partial charge on any atom is 0.392 e. The molecule has 3 atom stereocenters. The third kappa shape index (κ3) is 3.74. The first-order chi connectivity index (χ1) is 13.3. The molecule has 1 amide bonds. The minimum atomic E-state index is -7.87. The van der Waals surface area contributed by atoms with Crippen molar-refractivity contribution in [1.29, 1.82) is 0 Å². The lowest BCUT2D eigenvalue weighted by Gasteiger charge is -2.40. The number of carbonyl (C=O) groups excluding carboxylic acids is 2. The van der Waals surface area contributed by atoms with Crippen LogP contribution in [0.2, 0.25) is 0 Å². The van der Waals surface area contributed by atoms with Gasteiger partial charge in [-0.2, -0.15) is 43.9 Å². The Morgan fingerprint density at radius 3 is 1.87 bits per heavy atom. The van der Waals surface area contributed by atoms with Gasteiger partial charge in [0.1, 0.15) is 12.7 Å². The van der Waals surface area contributed by atoms with Gasteiger partial charge in [0.2, 0.25) is 6.17 Å². The minimum absolute atomic E-state index is 0.525. The molecule has 0 radical (unpaired) electrons. The van der Waals surface area contributed by atoms with Crippen molar-refractivity contribution in [1.82, 2.24) is 5.32 Å². The normalized spacial score (nSPS) is 21.2. The first-order valence-electron chi connectivity index (χ1n) is 7.51. The van der Waals surface area contributed by atoms with Crippen LogP contribution in [0.1, 0.15) is 6.42 Å². The van der Waals surface area contributed by atoms with Crippen molar-refractivity contribution >= 4 is 11.9 Å². The third-order valence-corrected chi connectivity index (χ3v) is 3.94. The van der Waals surface area contributed by atoms with E-state index in [0.29, 0.717) is 0 Å². The average Bonchev–Trinajstić information content (AvgIpc) is 3.04. The first-order valence-corrected chi connectivity index (χ1v) is 7.51. The van der Waals surface area contributed by atoms with Gasteiger partial charge in [0, 0.05) is 6.42 Å². The van der Waals surface area contributed by atoms with Crippen LogP contribution in [-0.2, 0) is 14.3 Å². The summed E-state index contributed by atoms with van der Waals surface area (Å²) in [6.07, 6.45) is -9.95. The number of cyclic esters (lactones) is 1. The fourth-order valence-corrected chi connectivity index (χ4v) is 2.10. The molecule has 1 saturated heterocycles. The molecule has 1 fully saturated rings. The molecular weight excluding hydrogens is 465 g/mol. The molecule has 0 saturated carbocycles. The third-order valence-electron chi connectivity index (χ3n) is 3.94. The van der Waals surface area contributed by atoms with Gasteiger partial charge in [0.15, 0.2) is 6.17 Å². The van der Waals surface area contributed by atoms with Crippen LogP contribution in [0, 0.1) is 0 Å². The van der Waals surface area contributed by atoms with E-state index in [1.807, 2.05) is 0 Å². The van der Waals surface area contributed by atoms with E-state index in [-0.39, 0.29) is 0 Å². The van der Waals surface area contributed by atoms with Crippen molar-refractivity contribution in [3.05, 3.63) is 0 Å². The Hall–Kier alpha value is -1.97. The predicted octanol–water partition coefficient (Wildman–Crippen LogP) is 3.24. The second-order valence-electron chi connectivity index (χ2n) is 5.97. The summed E-state index contributed by atoms with van der Waals surface area (Å²) in [6, 6.07) is -2.07. The van der Waals surface area contributed by atoms with E-state index >= 15 is 0 Å². The highest BCUT2D eigenvalue weighted by Gasteiger charge is 2.89. The number of alkyl halides is 13. The summed E-state index contributed by atoms with van der Waals surface area (Å²) in [4.78, 5) is 22.2. The molecule has 0 aromatic rings. The monoisotopic (exact) mass is 475 g/mol. The maximum absolute atomic E-state index is 13.6. The largest absolute Gasteiger partial charge is 0.464 e. The Morgan fingerprint density at radius 1 is 0.967 bits per heavy atom. The molecule has 4 nitrogen and oxygen atoms in total. The zero-order valence-corrected chi connectivity index (χ0v) is 14.0. The summed E-state index contributed by atoms with van der Waals surface area (Å²) < 4.78 is 177. The highest BCUT2D eigenvalue weighted by molar-refractivity contribution is 5.90. The van der Waals surface area contributed by atoms with Gasteiger partial charge in [0.05, 0.1) is 6.61 Å². The van der Waals surface area contributed by atoms with Crippen LogP contribution in [0.3, 0.4) is 0 Å². The lowest BCUT2D eigenvalue weighted by Crippen LogP contribution is -2.72. The maximum atomic E-state index is 13.6. The molecule has 1 aliphatic heterocycles. The van der Waals surface area contributed by atoms with Crippen LogP contribution in [0.15, 0.2) is 0 Å². The number of rotatable bonds is 9. The summed E-state index contributed by atoms with van der Waals surface area (Å²) in [6.45, 7) is -3.30. The molecular formula is C13H10F13NO3. The average molecular weight is 475 g/mol. The Labute approximate surface area is 157 Å². The number of halogens is 13. The molecule has 1 N–H and O–H groups in total. The molecule has 17 heteroatoms. The van der Waals surface area contributed by atoms with E-state index in [9.17, 15) is 66.7 Å². The molecule has 0 aliphatic carbocycles. The molecule has 30 heavy (non-hydrogen) atoms. The molecule has 0 aromatic heterocycles. The molecule has 1 aliphatic rings. The van der Waals surface area contributed by atoms with Crippen LogP contribution in [0.5, 0.6) is 0 Å². The number of esters is 1. The Kier molecular flexibility index (Phi) is 6.90. The number of amides is 1. The van der Waals surface area contributed by atoms with Crippen LogP contribution in [-0.4, -0.2) is 73.2 Å². The van der Waals surface area contributed by atoms with E-state index in [2.05, 4.69) is 4.74 Å². The quantitative estimate of drug-likeness (QED) is 0.412. The number of hydrogen-bond donors (Lipinski definition) is 1. The Morgan fingerprint density at radius 2 is 1.47 bits per heavy atom. The van der Waals surface area contributed by atoms with Gasteiger partial charge in [-0.3, -0.25) is 4.79 Å². The number of carbonyl (C=O) groups is 2. The summed E-state index contributed by atoms with van der Waals surface area (Å²) in [7, 11) is 0. The minimum Gasteiger partial charge on any atom is -0.464 e. The standard InChI is InChI=1S/C13H10F13NO3/c14-3-4(15)6(16)9(17,18)11(21,22)13(25,26)12(23,24)10(19,20)8(29)27-5-1-2-30-7(5)28/h4-6H,1-3H2,(H,27,29). The van der Waals surface area contributed by atoms with E-state index in [1.165, 1.54) is 0 Å². The SMILES string of the molecule is O=C1OCCC1NC(=O)C(F)(F)C(F)(F)C(F)(F)C(F)(F)C(F)(F)C(F)C(F)CF. The van der Waals surface area contributed by atoms with Gasteiger partial charge in [-0.05, 0) is 0 Å². The van der Waals surface area contributed by atoms with E-state index < -0.39 is 79.6 Å². The molecule has 1 rings (SSSR count). The van der Waals surface area contributed by atoms with Crippen molar-refractivity contribution in [2.24, 2.45) is 0 Å². The first kappa shape index (κ1) is 26.1. The zero-order chi connectivity index (χ0) is 23.9. The fourth-order valence-electron chi connectivity index (χ4n) is 2.10. The van der Waals surface area contributed by atoms with Crippen LogP contribution < -0.4 is 5.32 Å².